The molecule has 1 amide bonds. The van der Waals surface area contributed by atoms with Crippen LogP contribution in [0.1, 0.15) is 37.0 Å². The van der Waals surface area contributed by atoms with Gasteiger partial charge in [0.1, 0.15) is 0 Å². The summed E-state index contributed by atoms with van der Waals surface area (Å²) in [6.07, 6.45) is 1.02. The standard InChI is InChI=1S/C16H26N2O/c1-11(2)6-7-17-15(19)10-18-16-13(4)8-12(3)9-14(16)5/h8-9,11,18H,6-7,10H2,1-5H3,(H,17,19). The normalized spacial score (nSPS) is 10.6. The summed E-state index contributed by atoms with van der Waals surface area (Å²) in [4.78, 5) is 11.7. The van der Waals surface area contributed by atoms with Gasteiger partial charge in [-0.05, 0) is 44.2 Å². The van der Waals surface area contributed by atoms with Crippen LogP contribution in [0.25, 0.3) is 0 Å². The zero-order valence-corrected chi connectivity index (χ0v) is 12.8. The molecule has 1 rings (SSSR count). The van der Waals surface area contributed by atoms with Crippen molar-refractivity contribution < 1.29 is 4.79 Å². The summed E-state index contributed by atoms with van der Waals surface area (Å²) in [5.41, 5.74) is 4.70. The summed E-state index contributed by atoms with van der Waals surface area (Å²) < 4.78 is 0. The monoisotopic (exact) mass is 262 g/mol. The van der Waals surface area contributed by atoms with Gasteiger partial charge in [-0.1, -0.05) is 31.5 Å². The van der Waals surface area contributed by atoms with Gasteiger partial charge in [-0.3, -0.25) is 4.79 Å². The number of aryl methyl sites for hydroxylation is 3. The van der Waals surface area contributed by atoms with Crippen LogP contribution in [-0.2, 0) is 4.79 Å². The minimum Gasteiger partial charge on any atom is -0.376 e. The van der Waals surface area contributed by atoms with Crippen LogP contribution in [0.15, 0.2) is 12.1 Å². The van der Waals surface area contributed by atoms with Crippen LogP contribution in [0, 0.1) is 26.7 Å². The fourth-order valence-electron chi connectivity index (χ4n) is 2.19. The molecule has 0 aliphatic carbocycles. The lowest BCUT2D eigenvalue weighted by Crippen LogP contribution is -2.31. The lowest BCUT2D eigenvalue weighted by Gasteiger charge is -2.14. The summed E-state index contributed by atoms with van der Waals surface area (Å²) >= 11 is 0. The van der Waals surface area contributed by atoms with Gasteiger partial charge in [0.05, 0.1) is 6.54 Å². The second kappa shape index (κ2) is 7.17. The molecule has 0 spiro atoms. The van der Waals surface area contributed by atoms with E-state index in [1.54, 1.807) is 0 Å². The Hall–Kier alpha value is -1.51. The average molecular weight is 262 g/mol. The van der Waals surface area contributed by atoms with Crippen LogP contribution in [0.3, 0.4) is 0 Å². The molecule has 19 heavy (non-hydrogen) atoms. The maximum absolute atomic E-state index is 11.7. The molecule has 106 valence electrons. The fraction of sp³-hybridized carbons (Fsp3) is 0.562. The smallest absolute Gasteiger partial charge is 0.239 e. The van der Waals surface area contributed by atoms with Gasteiger partial charge >= 0.3 is 0 Å². The van der Waals surface area contributed by atoms with E-state index in [1.165, 1.54) is 16.7 Å². The Morgan fingerprint density at radius 2 is 1.74 bits per heavy atom. The molecule has 0 unspecified atom stereocenters. The van der Waals surface area contributed by atoms with Crippen LogP contribution < -0.4 is 10.6 Å². The van der Waals surface area contributed by atoms with E-state index in [9.17, 15) is 4.79 Å². The topological polar surface area (TPSA) is 41.1 Å². The molecular weight excluding hydrogens is 236 g/mol. The van der Waals surface area contributed by atoms with Crippen molar-refractivity contribution in [1.29, 1.82) is 0 Å². The van der Waals surface area contributed by atoms with Crippen LogP contribution in [0.4, 0.5) is 5.69 Å². The molecule has 3 heteroatoms. The highest BCUT2D eigenvalue weighted by Gasteiger charge is 2.06. The Kier molecular flexibility index (Phi) is 5.87. The maximum Gasteiger partial charge on any atom is 0.239 e. The molecule has 1 aromatic carbocycles. The minimum absolute atomic E-state index is 0.0556. The molecule has 1 aromatic rings. The molecule has 0 saturated carbocycles. The molecule has 0 aliphatic heterocycles. The van der Waals surface area contributed by atoms with Gasteiger partial charge in [-0.15, -0.1) is 0 Å². The number of nitrogens with one attached hydrogen (secondary N) is 2. The molecule has 2 N–H and O–H groups in total. The molecule has 0 bridgehead atoms. The number of hydrogen-bond donors (Lipinski definition) is 2. The summed E-state index contributed by atoms with van der Waals surface area (Å²) in [5.74, 6) is 0.676. The van der Waals surface area contributed by atoms with Gasteiger partial charge in [0, 0.05) is 12.2 Å². The molecule has 0 fully saturated rings. The quantitative estimate of drug-likeness (QED) is 0.826. The fourth-order valence-corrected chi connectivity index (χ4v) is 2.19. The zero-order valence-electron chi connectivity index (χ0n) is 12.8. The van der Waals surface area contributed by atoms with Crippen molar-refractivity contribution in [3.63, 3.8) is 0 Å². The van der Waals surface area contributed by atoms with Crippen molar-refractivity contribution in [2.24, 2.45) is 5.92 Å². The predicted molar refractivity (Wildman–Crippen MR) is 81.6 cm³/mol. The van der Waals surface area contributed by atoms with Gasteiger partial charge in [-0.2, -0.15) is 0 Å². The van der Waals surface area contributed by atoms with Gasteiger partial charge in [0.25, 0.3) is 0 Å². The summed E-state index contributed by atoms with van der Waals surface area (Å²) in [6, 6.07) is 4.26. The van der Waals surface area contributed by atoms with E-state index in [2.05, 4.69) is 57.4 Å². The lowest BCUT2D eigenvalue weighted by molar-refractivity contribution is -0.119. The first-order valence-corrected chi connectivity index (χ1v) is 6.98. The van der Waals surface area contributed by atoms with E-state index in [4.69, 9.17) is 0 Å². The Labute approximate surface area is 116 Å². The van der Waals surface area contributed by atoms with E-state index >= 15 is 0 Å². The highest BCUT2D eigenvalue weighted by atomic mass is 16.1. The van der Waals surface area contributed by atoms with Gasteiger partial charge in [0.2, 0.25) is 5.91 Å². The third-order valence-corrected chi connectivity index (χ3v) is 3.15. The van der Waals surface area contributed by atoms with Crippen LogP contribution in [-0.4, -0.2) is 19.0 Å². The number of benzene rings is 1. The summed E-state index contributed by atoms with van der Waals surface area (Å²) in [6.45, 7) is 11.6. The molecule has 3 nitrogen and oxygen atoms in total. The molecular formula is C16H26N2O. The minimum atomic E-state index is 0.0556. The van der Waals surface area contributed by atoms with Crippen LogP contribution in [0.5, 0.6) is 0 Å². The van der Waals surface area contributed by atoms with Crippen LogP contribution in [0.2, 0.25) is 0 Å². The van der Waals surface area contributed by atoms with Gasteiger partial charge in [-0.25, -0.2) is 0 Å². The number of hydrogen-bond acceptors (Lipinski definition) is 2. The van der Waals surface area contributed by atoms with Crippen molar-refractivity contribution in [3.8, 4) is 0 Å². The van der Waals surface area contributed by atoms with E-state index in [-0.39, 0.29) is 5.91 Å². The number of carbonyl (C=O) groups is 1. The highest BCUT2D eigenvalue weighted by molar-refractivity contribution is 5.81. The second-order valence-corrected chi connectivity index (χ2v) is 5.66. The predicted octanol–water partition coefficient (Wildman–Crippen LogP) is 3.19. The molecule has 0 heterocycles. The van der Waals surface area contributed by atoms with Gasteiger partial charge < -0.3 is 10.6 Å². The summed E-state index contributed by atoms with van der Waals surface area (Å²) in [5, 5.41) is 6.17. The molecule has 0 atom stereocenters. The largest absolute Gasteiger partial charge is 0.376 e. The van der Waals surface area contributed by atoms with Crippen molar-refractivity contribution >= 4 is 11.6 Å². The first-order chi connectivity index (χ1) is 8.90. The second-order valence-electron chi connectivity index (χ2n) is 5.66. The summed E-state index contributed by atoms with van der Waals surface area (Å²) in [7, 11) is 0. The maximum atomic E-state index is 11.7. The SMILES string of the molecule is Cc1cc(C)c(NCC(=O)NCCC(C)C)c(C)c1. The Morgan fingerprint density at radius 1 is 1.16 bits per heavy atom. The zero-order chi connectivity index (χ0) is 14.4. The molecule has 0 aromatic heterocycles. The number of amides is 1. The van der Waals surface area contributed by atoms with Crippen molar-refractivity contribution in [2.75, 3.05) is 18.4 Å². The van der Waals surface area contributed by atoms with Crippen molar-refractivity contribution in [3.05, 3.63) is 28.8 Å². The highest BCUT2D eigenvalue weighted by Crippen LogP contribution is 2.21. The Morgan fingerprint density at radius 3 is 2.26 bits per heavy atom. The first-order valence-electron chi connectivity index (χ1n) is 6.98. The number of rotatable bonds is 6. The third-order valence-electron chi connectivity index (χ3n) is 3.15. The molecule has 0 aliphatic rings. The van der Waals surface area contributed by atoms with Crippen LogP contribution >= 0.6 is 0 Å². The number of carbonyl (C=O) groups excluding carboxylic acids is 1. The van der Waals surface area contributed by atoms with Gasteiger partial charge in [0.15, 0.2) is 0 Å². The van der Waals surface area contributed by atoms with Crippen molar-refractivity contribution in [1.82, 2.24) is 5.32 Å². The average Bonchev–Trinajstić information content (AvgIpc) is 2.26. The third kappa shape index (κ3) is 5.33. The van der Waals surface area contributed by atoms with E-state index in [0.717, 1.165) is 18.7 Å². The first kappa shape index (κ1) is 15.5. The number of anilines is 1. The van der Waals surface area contributed by atoms with E-state index in [1.807, 2.05) is 0 Å². The van der Waals surface area contributed by atoms with Crippen molar-refractivity contribution in [2.45, 2.75) is 41.0 Å². The molecule has 0 saturated heterocycles. The lowest BCUT2D eigenvalue weighted by atomic mass is 10.1. The molecule has 0 radical (unpaired) electrons. The Balaban J connectivity index is 2.46. The van der Waals surface area contributed by atoms with E-state index < -0.39 is 0 Å². The Bertz CT molecular complexity index is 415. The van der Waals surface area contributed by atoms with E-state index in [0.29, 0.717) is 12.5 Å².